The standard InChI is InChI=1S/C16H15NO4/c1-10-6-8-21-14(10)15(18)17-7-5-11-9-12(16(19)20-2)3-4-13(11)17/h3-4,6,8-9H,5,7H2,1-2H3. The van der Waals surface area contributed by atoms with Crippen LogP contribution in [0.25, 0.3) is 0 Å². The number of carbonyl (C=O) groups excluding carboxylic acids is 2. The third-order valence-electron chi connectivity index (χ3n) is 3.70. The summed E-state index contributed by atoms with van der Waals surface area (Å²) in [5, 5.41) is 0. The van der Waals surface area contributed by atoms with E-state index in [-0.39, 0.29) is 11.9 Å². The summed E-state index contributed by atoms with van der Waals surface area (Å²) in [6.45, 7) is 2.42. The second kappa shape index (κ2) is 5.09. The molecule has 0 bridgehead atoms. The van der Waals surface area contributed by atoms with E-state index in [1.165, 1.54) is 13.4 Å². The van der Waals surface area contributed by atoms with Crippen LogP contribution in [0.15, 0.2) is 34.9 Å². The SMILES string of the molecule is COC(=O)c1ccc2c(c1)CCN2C(=O)c1occc1C. The highest BCUT2D eigenvalue weighted by molar-refractivity contribution is 6.06. The number of ether oxygens (including phenoxy) is 1. The highest BCUT2D eigenvalue weighted by Crippen LogP contribution is 2.31. The minimum atomic E-state index is -0.371. The summed E-state index contributed by atoms with van der Waals surface area (Å²) >= 11 is 0. The Bertz CT molecular complexity index is 717. The monoisotopic (exact) mass is 285 g/mol. The second-order valence-electron chi connectivity index (χ2n) is 4.97. The molecule has 1 aliphatic heterocycles. The molecular weight excluding hydrogens is 270 g/mol. The van der Waals surface area contributed by atoms with Crippen molar-refractivity contribution in [3.8, 4) is 0 Å². The summed E-state index contributed by atoms with van der Waals surface area (Å²) in [5.74, 6) is -0.161. The molecule has 3 rings (SSSR count). The Morgan fingerprint density at radius 2 is 2.10 bits per heavy atom. The lowest BCUT2D eigenvalue weighted by Crippen LogP contribution is -2.29. The number of rotatable bonds is 2. The Balaban J connectivity index is 1.92. The molecule has 0 radical (unpaired) electrons. The molecule has 1 aliphatic rings. The first-order chi connectivity index (χ1) is 10.1. The van der Waals surface area contributed by atoms with E-state index in [1.807, 2.05) is 6.92 Å². The third kappa shape index (κ3) is 2.20. The van der Waals surface area contributed by atoms with Gasteiger partial charge in [-0.1, -0.05) is 0 Å². The number of anilines is 1. The van der Waals surface area contributed by atoms with Gasteiger partial charge >= 0.3 is 5.97 Å². The van der Waals surface area contributed by atoms with E-state index in [2.05, 4.69) is 0 Å². The van der Waals surface area contributed by atoms with E-state index in [0.717, 1.165) is 16.8 Å². The Morgan fingerprint density at radius 1 is 1.29 bits per heavy atom. The fourth-order valence-electron chi connectivity index (χ4n) is 2.57. The molecule has 0 fully saturated rings. The second-order valence-corrected chi connectivity index (χ2v) is 4.97. The number of esters is 1. The first-order valence-corrected chi connectivity index (χ1v) is 6.69. The predicted molar refractivity (Wildman–Crippen MR) is 76.6 cm³/mol. The van der Waals surface area contributed by atoms with Crippen molar-refractivity contribution in [2.45, 2.75) is 13.3 Å². The Morgan fingerprint density at radius 3 is 2.76 bits per heavy atom. The van der Waals surface area contributed by atoms with Crippen molar-refractivity contribution in [2.75, 3.05) is 18.6 Å². The molecule has 1 amide bonds. The molecule has 0 N–H and O–H groups in total. The van der Waals surface area contributed by atoms with Crippen molar-refractivity contribution >= 4 is 17.6 Å². The van der Waals surface area contributed by atoms with Crippen LogP contribution < -0.4 is 4.90 Å². The van der Waals surface area contributed by atoms with Crippen LogP contribution in [0, 0.1) is 6.92 Å². The molecule has 0 spiro atoms. The maximum Gasteiger partial charge on any atom is 0.337 e. The van der Waals surface area contributed by atoms with Crippen molar-refractivity contribution in [3.63, 3.8) is 0 Å². The van der Waals surface area contributed by atoms with E-state index in [9.17, 15) is 9.59 Å². The molecule has 108 valence electrons. The van der Waals surface area contributed by atoms with E-state index < -0.39 is 0 Å². The summed E-state index contributed by atoms with van der Waals surface area (Å²) in [6.07, 6.45) is 2.23. The number of nitrogens with zero attached hydrogens (tertiary/aromatic N) is 1. The number of furan rings is 1. The van der Waals surface area contributed by atoms with Crippen molar-refractivity contribution in [1.82, 2.24) is 0 Å². The maximum atomic E-state index is 12.5. The topological polar surface area (TPSA) is 59.8 Å². The number of hydrogen-bond donors (Lipinski definition) is 0. The quantitative estimate of drug-likeness (QED) is 0.796. The first-order valence-electron chi connectivity index (χ1n) is 6.69. The highest BCUT2D eigenvalue weighted by Gasteiger charge is 2.28. The van der Waals surface area contributed by atoms with E-state index in [4.69, 9.17) is 9.15 Å². The summed E-state index contributed by atoms with van der Waals surface area (Å²) in [6, 6.07) is 7.00. The summed E-state index contributed by atoms with van der Waals surface area (Å²) < 4.78 is 9.98. The lowest BCUT2D eigenvalue weighted by Gasteiger charge is -2.16. The van der Waals surface area contributed by atoms with Gasteiger partial charge in [0.15, 0.2) is 5.76 Å². The third-order valence-corrected chi connectivity index (χ3v) is 3.70. The molecule has 0 unspecified atom stereocenters. The van der Waals surface area contributed by atoms with Gasteiger partial charge in [-0.2, -0.15) is 0 Å². The first kappa shape index (κ1) is 13.4. The molecule has 5 heteroatoms. The molecule has 5 nitrogen and oxygen atoms in total. The van der Waals surface area contributed by atoms with E-state index >= 15 is 0 Å². The number of amides is 1. The van der Waals surface area contributed by atoms with Crippen LogP contribution in [-0.2, 0) is 11.2 Å². The Hall–Kier alpha value is -2.56. The van der Waals surface area contributed by atoms with E-state index in [1.54, 1.807) is 29.2 Å². The van der Waals surface area contributed by atoms with Gasteiger partial charge in [0.05, 0.1) is 18.9 Å². The van der Waals surface area contributed by atoms with Crippen LogP contribution in [-0.4, -0.2) is 25.5 Å². The van der Waals surface area contributed by atoms with Crippen LogP contribution in [0.5, 0.6) is 0 Å². The fraction of sp³-hybridized carbons (Fsp3) is 0.250. The molecule has 0 saturated heterocycles. The maximum absolute atomic E-state index is 12.5. The largest absolute Gasteiger partial charge is 0.465 e. The van der Waals surface area contributed by atoms with Gasteiger partial charge in [-0.25, -0.2) is 4.79 Å². The zero-order valence-corrected chi connectivity index (χ0v) is 11.9. The van der Waals surface area contributed by atoms with Crippen LogP contribution in [0.3, 0.4) is 0 Å². The number of hydrogen-bond acceptors (Lipinski definition) is 4. The van der Waals surface area contributed by atoms with Gasteiger partial charge in [-0.15, -0.1) is 0 Å². The molecule has 2 heterocycles. The van der Waals surface area contributed by atoms with Crippen molar-refractivity contribution < 1.29 is 18.7 Å². The number of benzene rings is 1. The van der Waals surface area contributed by atoms with Gasteiger partial charge < -0.3 is 14.1 Å². The molecule has 2 aromatic rings. The minimum Gasteiger partial charge on any atom is -0.465 e. The minimum absolute atomic E-state index is 0.151. The molecule has 0 saturated carbocycles. The number of aryl methyl sites for hydroxylation is 1. The van der Waals surface area contributed by atoms with Gasteiger partial charge in [0.2, 0.25) is 0 Å². The van der Waals surface area contributed by atoms with Crippen LogP contribution in [0.1, 0.15) is 32.0 Å². The smallest absolute Gasteiger partial charge is 0.337 e. The van der Waals surface area contributed by atoms with Gasteiger partial charge in [0.25, 0.3) is 5.91 Å². The van der Waals surface area contributed by atoms with Crippen molar-refractivity contribution in [2.24, 2.45) is 0 Å². The zero-order valence-electron chi connectivity index (χ0n) is 11.9. The zero-order chi connectivity index (χ0) is 15.0. The highest BCUT2D eigenvalue weighted by atomic mass is 16.5. The summed E-state index contributed by atoms with van der Waals surface area (Å²) in [5.41, 5.74) is 3.11. The molecular formula is C16H15NO4. The van der Waals surface area contributed by atoms with Gasteiger partial charge in [0.1, 0.15) is 0 Å². The normalized spacial score (nSPS) is 13.1. The van der Waals surface area contributed by atoms with Gasteiger partial charge in [-0.3, -0.25) is 4.79 Å². The van der Waals surface area contributed by atoms with Crippen LogP contribution in [0.4, 0.5) is 5.69 Å². The average Bonchev–Trinajstić information content (AvgIpc) is 3.11. The fourth-order valence-corrected chi connectivity index (χ4v) is 2.57. The summed E-state index contributed by atoms with van der Waals surface area (Å²) in [7, 11) is 1.35. The number of methoxy groups -OCH3 is 1. The predicted octanol–water partition coefficient (Wildman–Crippen LogP) is 2.58. The number of carbonyl (C=O) groups is 2. The summed E-state index contributed by atoms with van der Waals surface area (Å²) in [4.78, 5) is 25.7. The molecule has 0 atom stereocenters. The van der Waals surface area contributed by atoms with E-state index in [0.29, 0.717) is 24.3 Å². The van der Waals surface area contributed by atoms with Crippen LogP contribution in [0.2, 0.25) is 0 Å². The Labute approximate surface area is 122 Å². The average molecular weight is 285 g/mol. The number of fused-ring (bicyclic) bond motifs is 1. The van der Waals surface area contributed by atoms with Crippen molar-refractivity contribution in [1.29, 1.82) is 0 Å². The van der Waals surface area contributed by atoms with Crippen molar-refractivity contribution in [3.05, 3.63) is 53.0 Å². The Kier molecular flexibility index (Phi) is 3.25. The molecule has 1 aromatic carbocycles. The van der Waals surface area contributed by atoms with Crippen LogP contribution >= 0.6 is 0 Å². The van der Waals surface area contributed by atoms with Gasteiger partial charge in [0, 0.05) is 17.8 Å². The van der Waals surface area contributed by atoms with Gasteiger partial charge in [-0.05, 0) is 43.2 Å². The lowest BCUT2D eigenvalue weighted by atomic mass is 10.1. The molecule has 21 heavy (non-hydrogen) atoms. The lowest BCUT2D eigenvalue weighted by molar-refractivity contribution is 0.0600. The molecule has 0 aliphatic carbocycles. The molecule has 1 aromatic heterocycles.